The van der Waals surface area contributed by atoms with Crippen LogP contribution in [0.25, 0.3) is 0 Å². The van der Waals surface area contributed by atoms with Crippen molar-refractivity contribution in [2.75, 3.05) is 31.5 Å². The van der Waals surface area contributed by atoms with E-state index in [1.807, 2.05) is 12.4 Å². The van der Waals surface area contributed by atoms with Crippen LogP contribution in [0.5, 0.6) is 0 Å². The van der Waals surface area contributed by atoms with Gasteiger partial charge in [0.05, 0.1) is 0 Å². The van der Waals surface area contributed by atoms with Gasteiger partial charge in [-0.15, -0.1) is 0 Å². The number of hydrogen-bond donors (Lipinski definition) is 1. The van der Waals surface area contributed by atoms with E-state index in [0.29, 0.717) is 6.04 Å². The maximum absolute atomic E-state index is 4.38. The van der Waals surface area contributed by atoms with Crippen molar-refractivity contribution in [2.24, 2.45) is 5.92 Å². The van der Waals surface area contributed by atoms with Crippen molar-refractivity contribution in [2.45, 2.75) is 33.2 Å². The molecule has 0 radical (unpaired) electrons. The number of nitrogens with zero attached hydrogens (tertiary/aromatic N) is 3. The highest BCUT2D eigenvalue weighted by Gasteiger charge is 2.21. The van der Waals surface area contributed by atoms with Gasteiger partial charge in [0.2, 0.25) is 5.95 Å². The van der Waals surface area contributed by atoms with Crippen LogP contribution in [0.2, 0.25) is 0 Å². The predicted molar refractivity (Wildman–Crippen MR) is 71.3 cm³/mol. The SMILES string of the molecule is CCN1CCC(CNc2nccn2C(C)C)C1. The molecule has 0 bridgehead atoms. The number of hydrogen-bond acceptors (Lipinski definition) is 3. The monoisotopic (exact) mass is 236 g/mol. The molecule has 0 spiro atoms. The zero-order valence-corrected chi connectivity index (χ0v) is 11.2. The molecule has 17 heavy (non-hydrogen) atoms. The number of anilines is 1. The molecule has 2 heterocycles. The van der Waals surface area contributed by atoms with Crippen molar-refractivity contribution in [1.29, 1.82) is 0 Å². The van der Waals surface area contributed by atoms with Crippen LogP contribution in [0, 0.1) is 5.92 Å². The Morgan fingerprint density at radius 1 is 1.53 bits per heavy atom. The molecule has 1 unspecified atom stereocenters. The van der Waals surface area contributed by atoms with Crippen molar-refractivity contribution < 1.29 is 0 Å². The summed E-state index contributed by atoms with van der Waals surface area (Å²) in [6.07, 6.45) is 5.22. The van der Waals surface area contributed by atoms with Gasteiger partial charge >= 0.3 is 0 Å². The highest BCUT2D eigenvalue weighted by molar-refractivity contribution is 5.26. The molecule has 1 N–H and O–H groups in total. The molecule has 1 saturated heterocycles. The van der Waals surface area contributed by atoms with E-state index in [4.69, 9.17) is 0 Å². The zero-order valence-electron chi connectivity index (χ0n) is 11.2. The quantitative estimate of drug-likeness (QED) is 0.851. The van der Waals surface area contributed by atoms with Crippen LogP contribution in [0.3, 0.4) is 0 Å². The van der Waals surface area contributed by atoms with Gasteiger partial charge in [0.15, 0.2) is 0 Å². The van der Waals surface area contributed by atoms with Crippen LogP contribution in [0.1, 0.15) is 33.2 Å². The highest BCUT2D eigenvalue weighted by atomic mass is 15.2. The Kier molecular flexibility index (Phi) is 4.05. The van der Waals surface area contributed by atoms with Gasteiger partial charge in [0.1, 0.15) is 0 Å². The Balaban J connectivity index is 1.84. The predicted octanol–water partition coefficient (Wildman–Crippen LogP) is 2.22. The molecule has 1 atom stereocenters. The highest BCUT2D eigenvalue weighted by Crippen LogP contribution is 2.17. The van der Waals surface area contributed by atoms with Crippen molar-refractivity contribution in [3.63, 3.8) is 0 Å². The molecule has 1 aliphatic heterocycles. The number of aromatic nitrogens is 2. The van der Waals surface area contributed by atoms with Crippen LogP contribution in [-0.4, -0.2) is 40.6 Å². The van der Waals surface area contributed by atoms with Gasteiger partial charge < -0.3 is 14.8 Å². The topological polar surface area (TPSA) is 33.1 Å². The van der Waals surface area contributed by atoms with E-state index in [1.54, 1.807) is 0 Å². The fourth-order valence-electron chi connectivity index (χ4n) is 2.47. The van der Waals surface area contributed by atoms with Gasteiger partial charge in [0, 0.05) is 31.5 Å². The normalized spacial score (nSPS) is 21.3. The third-order valence-corrected chi connectivity index (χ3v) is 3.59. The summed E-state index contributed by atoms with van der Waals surface area (Å²) in [5, 5.41) is 3.49. The number of imidazole rings is 1. The number of rotatable bonds is 5. The molecule has 4 heteroatoms. The summed E-state index contributed by atoms with van der Waals surface area (Å²) in [5.41, 5.74) is 0. The lowest BCUT2D eigenvalue weighted by atomic mass is 10.1. The molecule has 0 aromatic carbocycles. The first kappa shape index (κ1) is 12.4. The summed E-state index contributed by atoms with van der Waals surface area (Å²) in [4.78, 5) is 6.89. The molecular formula is C13H24N4. The van der Waals surface area contributed by atoms with E-state index in [9.17, 15) is 0 Å². The first-order valence-corrected chi connectivity index (χ1v) is 6.69. The molecule has 1 aromatic rings. The minimum Gasteiger partial charge on any atom is -0.355 e. The van der Waals surface area contributed by atoms with Gasteiger partial charge in [-0.3, -0.25) is 0 Å². The van der Waals surface area contributed by atoms with E-state index in [0.717, 1.165) is 18.4 Å². The first-order valence-electron chi connectivity index (χ1n) is 6.69. The zero-order chi connectivity index (χ0) is 12.3. The lowest BCUT2D eigenvalue weighted by Gasteiger charge is -2.16. The Hall–Kier alpha value is -1.03. The molecule has 96 valence electrons. The molecule has 2 rings (SSSR count). The van der Waals surface area contributed by atoms with E-state index in [-0.39, 0.29) is 0 Å². The largest absolute Gasteiger partial charge is 0.355 e. The number of nitrogens with one attached hydrogen (secondary N) is 1. The molecule has 4 nitrogen and oxygen atoms in total. The van der Waals surface area contributed by atoms with Crippen LogP contribution in [-0.2, 0) is 0 Å². The second-order valence-corrected chi connectivity index (χ2v) is 5.18. The van der Waals surface area contributed by atoms with Gasteiger partial charge in [-0.25, -0.2) is 4.98 Å². The maximum atomic E-state index is 4.38. The first-order chi connectivity index (χ1) is 8.20. The summed E-state index contributed by atoms with van der Waals surface area (Å²) in [6.45, 7) is 11.3. The standard InChI is InChI=1S/C13H24N4/c1-4-16-7-5-12(10-16)9-15-13-14-6-8-17(13)11(2)3/h6,8,11-12H,4-5,7,9-10H2,1-3H3,(H,14,15). The average molecular weight is 236 g/mol. The minimum absolute atomic E-state index is 0.468. The summed E-state index contributed by atoms with van der Waals surface area (Å²) >= 11 is 0. The lowest BCUT2D eigenvalue weighted by Crippen LogP contribution is -2.23. The molecule has 1 aliphatic rings. The van der Waals surface area contributed by atoms with Gasteiger partial charge in [-0.1, -0.05) is 6.92 Å². The molecule has 0 saturated carbocycles. The fourth-order valence-corrected chi connectivity index (χ4v) is 2.47. The summed E-state index contributed by atoms with van der Waals surface area (Å²) in [6, 6.07) is 0.468. The van der Waals surface area contributed by atoms with E-state index in [1.165, 1.54) is 26.1 Å². The van der Waals surface area contributed by atoms with Gasteiger partial charge in [0.25, 0.3) is 0 Å². The van der Waals surface area contributed by atoms with Gasteiger partial charge in [-0.2, -0.15) is 0 Å². The van der Waals surface area contributed by atoms with E-state index >= 15 is 0 Å². The lowest BCUT2D eigenvalue weighted by molar-refractivity contribution is 0.344. The smallest absolute Gasteiger partial charge is 0.203 e. The van der Waals surface area contributed by atoms with E-state index in [2.05, 4.69) is 40.5 Å². The second kappa shape index (κ2) is 5.54. The molecule has 1 fully saturated rings. The third-order valence-electron chi connectivity index (χ3n) is 3.59. The minimum atomic E-state index is 0.468. The van der Waals surface area contributed by atoms with E-state index < -0.39 is 0 Å². The van der Waals surface area contributed by atoms with Crippen LogP contribution in [0.4, 0.5) is 5.95 Å². The summed E-state index contributed by atoms with van der Waals surface area (Å²) < 4.78 is 2.19. The Morgan fingerprint density at radius 3 is 3.00 bits per heavy atom. The third kappa shape index (κ3) is 3.00. The molecule has 0 aliphatic carbocycles. The summed E-state index contributed by atoms with van der Waals surface area (Å²) in [7, 11) is 0. The fraction of sp³-hybridized carbons (Fsp3) is 0.769. The number of likely N-dealkylation sites (tertiary alicyclic amines) is 1. The van der Waals surface area contributed by atoms with Crippen LogP contribution < -0.4 is 5.32 Å². The van der Waals surface area contributed by atoms with Gasteiger partial charge in [-0.05, 0) is 39.3 Å². The van der Waals surface area contributed by atoms with Crippen molar-refractivity contribution in [3.05, 3.63) is 12.4 Å². The molecular weight excluding hydrogens is 212 g/mol. The Morgan fingerprint density at radius 2 is 2.35 bits per heavy atom. The Labute approximate surface area is 104 Å². The van der Waals surface area contributed by atoms with Crippen LogP contribution in [0.15, 0.2) is 12.4 Å². The average Bonchev–Trinajstić information content (AvgIpc) is 2.95. The van der Waals surface area contributed by atoms with Crippen molar-refractivity contribution >= 4 is 5.95 Å². The molecule has 1 aromatic heterocycles. The van der Waals surface area contributed by atoms with Crippen molar-refractivity contribution in [3.8, 4) is 0 Å². The summed E-state index contributed by atoms with van der Waals surface area (Å²) in [5.74, 6) is 1.78. The second-order valence-electron chi connectivity index (χ2n) is 5.18. The van der Waals surface area contributed by atoms with Crippen LogP contribution >= 0.6 is 0 Å². The maximum Gasteiger partial charge on any atom is 0.203 e. The van der Waals surface area contributed by atoms with Crippen molar-refractivity contribution in [1.82, 2.24) is 14.5 Å². The Bertz CT molecular complexity index is 345. The molecule has 0 amide bonds.